The van der Waals surface area contributed by atoms with Crippen molar-refractivity contribution in [1.82, 2.24) is 4.98 Å². The van der Waals surface area contributed by atoms with Crippen LogP contribution in [-0.2, 0) is 15.7 Å². The third-order valence-corrected chi connectivity index (χ3v) is 3.04. The van der Waals surface area contributed by atoms with E-state index in [9.17, 15) is 18.0 Å². The first-order valence-electron chi connectivity index (χ1n) is 7.17. The molecule has 6 nitrogen and oxygen atoms in total. The van der Waals surface area contributed by atoms with Gasteiger partial charge < -0.3 is 20.5 Å². The normalized spacial score (nSPS) is 11.6. The summed E-state index contributed by atoms with van der Waals surface area (Å²) in [6.07, 6.45) is -4.55. The fourth-order valence-corrected chi connectivity index (χ4v) is 1.85. The average Bonchev–Trinajstić information content (AvgIpc) is 2.56. The van der Waals surface area contributed by atoms with Crippen molar-refractivity contribution >= 4 is 36.4 Å². The largest absolute Gasteiger partial charge is 0.439 e. The standard InChI is InChI=1S/C16H16F3N3O3.2ClH/c1-24-9-12(20)15(23)21-10-5-7-11(8-6-10)25-14-4-2-3-13(22-14)16(17,18)19;;/h2-8,12H,9,20H2,1H3,(H,21,23);2*1H. The number of aromatic nitrogens is 1. The van der Waals surface area contributed by atoms with Crippen LogP contribution in [0.2, 0.25) is 0 Å². The summed E-state index contributed by atoms with van der Waals surface area (Å²) in [5.74, 6) is -0.338. The van der Waals surface area contributed by atoms with E-state index in [1.165, 1.54) is 43.5 Å². The molecule has 0 fully saturated rings. The van der Waals surface area contributed by atoms with Crippen molar-refractivity contribution in [3.05, 3.63) is 48.2 Å². The van der Waals surface area contributed by atoms with Crippen LogP contribution in [0.1, 0.15) is 5.69 Å². The zero-order valence-corrected chi connectivity index (χ0v) is 15.7. The first-order valence-corrected chi connectivity index (χ1v) is 7.17. The lowest BCUT2D eigenvalue weighted by atomic mass is 10.2. The number of benzene rings is 1. The zero-order chi connectivity index (χ0) is 18.4. The summed E-state index contributed by atoms with van der Waals surface area (Å²) in [6.45, 7) is 0.0776. The van der Waals surface area contributed by atoms with Crippen molar-refractivity contribution in [3.63, 3.8) is 0 Å². The fourth-order valence-electron chi connectivity index (χ4n) is 1.85. The number of alkyl halides is 3. The molecule has 1 unspecified atom stereocenters. The molecule has 27 heavy (non-hydrogen) atoms. The lowest BCUT2D eigenvalue weighted by Crippen LogP contribution is -2.39. The number of methoxy groups -OCH3 is 1. The van der Waals surface area contributed by atoms with E-state index in [0.29, 0.717) is 5.69 Å². The number of ether oxygens (including phenoxy) is 2. The van der Waals surface area contributed by atoms with Gasteiger partial charge in [0.2, 0.25) is 11.8 Å². The first kappa shape index (κ1) is 24.9. The number of anilines is 1. The number of nitrogens with zero attached hydrogens (tertiary/aromatic N) is 1. The number of halogens is 5. The highest BCUT2D eigenvalue weighted by Crippen LogP contribution is 2.30. The Bertz CT molecular complexity index is 731. The predicted molar refractivity (Wildman–Crippen MR) is 98.7 cm³/mol. The van der Waals surface area contributed by atoms with Crippen LogP contribution < -0.4 is 15.8 Å². The molecule has 1 heterocycles. The van der Waals surface area contributed by atoms with Crippen LogP contribution >= 0.6 is 24.8 Å². The third-order valence-electron chi connectivity index (χ3n) is 3.04. The van der Waals surface area contributed by atoms with E-state index in [2.05, 4.69) is 10.3 Å². The second kappa shape index (κ2) is 10.9. The lowest BCUT2D eigenvalue weighted by molar-refractivity contribution is -0.141. The molecule has 0 bridgehead atoms. The second-order valence-electron chi connectivity index (χ2n) is 5.04. The van der Waals surface area contributed by atoms with Gasteiger partial charge in [-0.1, -0.05) is 6.07 Å². The van der Waals surface area contributed by atoms with Crippen molar-refractivity contribution in [3.8, 4) is 11.6 Å². The van der Waals surface area contributed by atoms with Crippen molar-refractivity contribution in [2.75, 3.05) is 19.0 Å². The second-order valence-corrected chi connectivity index (χ2v) is 5.04. The van der Waals surface area contributed by atoms with Crippen molar-refractivity contribution in [2.45, 2.75) is 12.2 Å². The predicted octanol–water partition coefficient (Wildman–Crippen LogP) is 3.65. The highest BCUT2D eigenvalue weighted by atomic mass is 35.5. The highest BCUT2D eigenvalue weighted by molar-refractivity contribution is 5.94. The van der Waals surface area contributed by atoms with Gasteiger partial charge in [-0.3, -0.25) is 4.79 Å². The van der Waals surface area contributed by atoms with Gasteiger partial charge in [0, 0.05) is 18.9 Å². The summed E-state index contributed by atoms with van der Waals surface area (Å²) in [7, 11) is 1.43. The van der Waals surface area contributed by atoms with Gasteiger partial charge in [0.05, 0.1) is 6.61 Å². The number of pyridine rings is 1. The molecule has 0 radical (unpaired) electrons. The maximum atomic E-state index is 12.6. The smallest absolute Gasteiger partial charge is 0.433 e. The number of carbonyl (C=O) groups excluding carboxylic acids is 1. The maximum Gasteiger partial charge on any atom is 0.433 e. The van der Waals surface area contributed by atoms with Crippen LogP contribution in [0.25, 0.3) is 0 Å². The number of carbonyl (C=O) groups is 1. The Hall–Kier alpha value is -2.07. The Morgan fingerprint density at radius 1 is 1.19 bits per heavy atom. The highest BCUT2D eigenvalue weighted by Gasteiger charge is 2.32. The Morgan fingerprint density at radius 2 is 1.81 bits per heavy atom. The Labute approximate surface area is 166 Å². The molecule has 11 heteroatoms. The SMILES string of the molecule is COCC(N)C(=O)Nc1ccc(Oc2cccc(C(F)(F)F)n2)cc1.Cl.Cl. The van der Waals surface area contributed by atoms with Crippen molar-refractivity contribution < 1.29 is 27.4 Å². The van der Waals surface area contributed by atoms with Crippen LogP contribution in [0.3, 0.4) is 0 Å². The van der Waals surface area contributed by atoms with E-state index in [1.807, 2.05) is 0 Å². The summed E-state index contributed by atoms with van der Waals surface area (Å²) >= 11 is 0. The van der Waals surface area contributed by atoms with Gasteiger partial charge in [-0.25, -0.2) is 4.98 Å². The Balaban J connectivity index is 0.00000338. The van der Waals surface area contributed by atoms with Gasteiger partial charge in [-0.05, 0) is 30.3 Å². The fraction of sp³-hybridized carbons (Fsp3) is 0.250. The Kier molecular flexibility index (Phi) is 10.1. The van der Waals surface area contributed by atoms with Gasteiger partial charge in [0.1, 0.15) is 17.5 Å². The number of amides is 1. The van der Waals surface area contributed by atoms with Crippen LogP contribution in [0.15, 0.2) is 42.5 Å². The van der Waals surface area contributed by atoms with E-state index in [-0.39, 0.29) is 43.1 Å². The number of nitrogens with two attached hydrogens (primary N) is 1. The maximum absolute atomic E-state index is 12.6. The molecular weight excluding hydrogens is 410 g/mol. The summed E-state index contributed by atoms with van der Waals surface area (Å²) in [5, 5.41) is 2.58. The summed E-state index contributed by atoms with van der Waals surface area (Å²) in [6, 6.07) is 8.59. The summed E-state index contributed by atoms with van der Waals surface area (Å²) in [5.41, 5.74) is 5.01. The molecule has 1 aromatic heterocycles. The number of hydrogen-bond donors (Lipinski definition) is 2. The molecule has 0 saturated heterocycles. The van der Waals surface area contributed by atoms with Gasteiger partial charge in [-0.2, -0.15) is 13.2 Å². The molecule has 2 rings (SSSR count). The molecule has 0 aliphatic heterocycles. The van der Waals surface area contributed by atoms with E-state index >= 15 is 0 Å². The summed E-state index contributed by atoms with van der Waals surface area (Å²) in [4.78, 5) is 15.2. The molecule has 0 aliphatic rings. The molecule has 3 N–H and O–H groups in total. The minimum Gasteiger partial charge on any atom is -0.439 e. The van der Waals surface area contributed by atoms with Crippen LogP contribution in [0.5, 0.6) is 11.6 Å². The van der Waals surface area contributed by atoms with Crippen molar-refractivity contribution in [2.24, 2.45) is 5.73 Å². The summed E-state index contributed by atoms with van der Waals surface area (Å²) < 4.78 is 48.0. The van der Waals surface area contributed by atoms with Crippen LogP contribution in [-0.4, -0.2) is 30.6 Å². The monoisotopic (exact) mass is 427 g/mol. The van der Waals surface area contributed by atoms with Gasteiger partial charge in [0.15, 0.2) is 0 Å². The van der Waals surface area contributed by atoms with Gasteiger partial charge >= 0.3 is 6.18 Å². The quantitative estimate of drug-likeness (QED) is 0.734. The molecule has 0 saturated carbocycles. The van der Waals surface area contributed by atoms with Crippen LogP contribution in [0, 0.1) is 0 Å². The molecule has 1 amide bonds. The molecule has 1 aromatic carbocycles. The van der Waals surface area contributed by atoms with E-state index in [0.717, 1.165) is 6.07 Å². The first-order chi connectivity index (χ1) is 11.8. The van der Waals surface area contributed by atoms with E-state index in [1.54, 1.807) is 0 Å². The molecule has 0 spiro atoms. The van der Waals surface area contributed by atoms with Crippen LogP contribution in [0.4, 0.5) is 18.9 Å². The molecular formula is C16H18Cl2F3N3O3. The average molecular weight is 428 g/mol. The molecule has 2 aromatic rings. The van der Waals surface area contributed by atoms with Gasteiger partial charge in [-0.15, -0.1) is 24.8 Å². The minimum atomic E-state index is -4.55. The molecule has 0 aliphatic carbocycles. The van der Waals surface area contributed by atoms with E-state index in [4.69, 9.17) is 15.2 Å². The Morgan fingerprint density at radius 3 is 2.37 bits per heavy atom. The number of rotatable bonds is 6. The zero-order valence-electron chi connectivity index (χ0n) is 14.0. The number of nitrogens with one attached hydrogen (secondary N) is 1. The van der Waals surface area contributed by atoms with Gasteiger partial charge in [0.25, 0.3) is 0 Å². The third kappa shape index (κ3) is 7.59. The molecule has 150 valence electrons. The topological polar surface area (TPSA) is 86.5 Å². The lowest BCUT2D eigenvalue weighted by Gasteiger charge is -2.12. The molecule has 1 atom stereocenters. The van der Waals surface area contributed by atoms with E-state index < -0.39 is 23.8 Å². The minimum absolute atomic E-state index is 0. The van der Waals surface area contributed by atoms with Crippen molar-refractivity contribution in [1.29, 1.82) is 0 Å². The number of hydrogen-bond acceptors (Lipinski definition) is 5.